The lowest BCUT2D eigenvalue weighted by Crippen LogP contribution is -2.32. The summed E-state index contributed by atoms with van der Waals surface area (Å²) in [4.78, 5) is 6.54. The molecule has 0 unspecified atom stereocenters. The fourth-order valence-electron chi connectivity index (χ4n) is 2.51. The Kier molecular flexibility index (Phi) is 6.67. The summed E-state index contributed by atoms with van der Waals surface area (Å²) in [6.45, 7) is 2.63. The van der Waals surface area contributed by atoms with Crippen molar-refractivity contribution in [2.75, 3.05) is 52.3 Å². The SMILES string of the molecule is Cc1cc(N=C2C(=N)N(CCO)N=C2CN(C)C)c(NCCO)cc1O. The molecule has 0 radical (unpaired) electrons. The van der Waals surface area contributed by atoms with Gasteiger partial charge in [-0.15, -0.1) is 0 Å². The molecule has 0 bridgehead atoms. The van der Waals surface area contributed by atoms with Gasteiger partial charge in [-0.3, -0.25) is 5.41 Å². The van der Waals surface area contributed by atoms with E-state index < -0.39 is 0 Å². The standard InChI is InChI=1S/C17H26N6O3/c1-11-8-13(12(9-15(11)26)19-4-6-24)20-16-14(10-22(2)3)21-23(5-7-25)17(16)18/h8-9,18-19,24-26H,4-7,10H2,1-3H3. The molecule has 9 heteroatoms. The molecule has 0 atom stereocenters. The Morgan fingerprint density at radius 3 is 2.62 bits per heavy atom. The summed E-state index contributed by atoms with van der Waals surface area (Å²) in [5, 5.41) is 45.4. The molecule has 1 heterocycles. The maximum atomic E-state index is 9.96. The number of β-amino-alcohol motifs (C(OH)–C–C–N with tert-alkyl or cyclic N) is 1. The molecule has 1 aliphatic heterocycles. The fourth-order valence-corrected chi connectivity index (χ4v) is 2.51. The van der Waals surface area contributed by atoms with Crippen LogP contribution in [0.3, 0.4) is 0 Å². The Labute approximate surface area is 152 Å². The summed E-state index contributed by atoms with van der Waals surface area (Å²) < 4.78 is 0. The highest BCUT2D eigenvalue weighted by atomic mass is 16.3. The zero-order valence-electron chi connectivity index (χ0n) is 15.3. The molecule has 1 aliphatic rings. The van der Waals surface area contributed by atoms with E-state index in [4.69, 9.17) is 10.5 Å². The molecule has 1 aromatic rings. The zero-order valence-corrected chi connectivity index (χ0v) is 15.3. The second kappa shape index (κ2) is 8.75. The third-order valence-corrected chi connectivity index (χ3v) is 3.75. The average Bonchev–Trinajstić information content (AvgIpc) is 2.85. The Morgan fingerprint density at radius 2 is 2.00 bits per heavy atom. The molecule has 2 rings (SSSR count). The van der Waals surface area contributed by atoms with Gasteiger partial charge in [0, 0.05) is 19.2 Å². The minimum atomic E-state index is -0.115. The van der Waals surface area contributed by atoms with E-state index in [9.17, 15) is 10.2 Å². The number of aryl methyl sites for hydroxylation is 1. The highest BCUT2D eigenvalue weighted by Crippen LogP contribution is 2.33. The minimum absolute atomic E-state index is 0.0575. The van der Waals surface area contributed by atoms with E-state index in [1.165, 1.54) is 5.01 Å². The van der Waals surface area contributed by atoms with Crippen LogP contribution in [-0.4, -0.2) is 89.4 Å². The number of benzene rings is 1. The molecule has 26 heavy (non-hydrogen) atoms. The lowest BCUT2D eigenvalue weighted by molar-refractivity contribution is 0.254. The molecule has 142 valence electrons. The molecule has 0 aliphatic carbocycles. The van der Waals surface area contributed by atoms with Crippen LogP contribution in [0.1, 0.15) is 5.56 Å². The van der Waals surface area contributed by atoms with Crippen molar-refractivity contribution in [2.24, 2.45) is 10.1 Å². The first-order chi connectivity index (χ1) is 12.4. The number of hydrogen-bond acceptors (Lipinski definition) is 8. The van der Waals surface area contributed by atoms with E-state index in [0.29, 0.717) is 41.5 Å². The van der Waals surface area contributed by atoms with Gasteiger partial charge in [-0.1, -0.05) is 0 Å². The van der Waals surface area contributed by atoms with Gasteiger partial charge in [-0.2, -0.15) is 5.10 Å². The first kappa shape index (κ1) is 19.8. The number of aliphatic hydroxyl groups excluding tert-OH is 2. The number of phenolic OH excluding ortho intramolecular Hbond substituents is 1. The van der Waals surface area contributed by atoms with Crippen LogP contribution in [0.2, 0.25) is 0 Å². The predicted molar refractivity (Wildman–Crippen MR) is 103 cm³/mol. The first-order valence-electron chi connectivity index (χ1n) is 8.34. The highest BCUT2D eigenvalue weighted by Gasteiger charge is 2.28. The monoisotopic (exact) mass is 362 g/mol. The minimum Gasteiger partial charge on any atom is -0.508 e. The van der Waals surface area contributed by atoms with Gasteiger partial charge < -0.3 is 25.5 Å². The molecule has 1 aromatic carbocycles. The molecular formula is C17H26N6O3. The van der Waals surface area contributed by atoms with E-state index in [1.807, 2.05) is 19.0 Å². The summed E-state index contributed by atoms with van der Waals surface area (Å²) >= 11 is 0. The maximum absolute atomic E-state index is 9.96. The number of hydrazone groups is 1. The van der Waals surface area contributed by atoms with Gasteiger partial charge in [0.25, 0.3) is 0 Å². The number of anilines is 1. The van der Waals surface area contributed by atoms with Gasteiger partial charge in [-0.25, -0.2) is 10.0 Å². The maximum Gasteiger partial charge on any atom is 0.169 e. The molecule has 0 saturated carbocycles. The van der Waals surface area contributed by atoms with Gasteiger partial charge in [-0.05, 0) is 32.6 Å². The quantitative estimate of drug-likeness (QED) is 0.455. The van der Waals surface area contributed by atoms with Crippen LogP contribution in [0.25, 0.3) is 0 Å². The van der Waals surface area contributed by atoms with Crippen molar-refractivity contribution in [1.82, 2.24) is 9.91 Å². The Morgan fingerprint density at radius 1 is 1.27 bits per heavy atom. The second-order valence-corrected chi connectivity index (χ2v) is 6.25. The zero-order chi connectivity index (χ0) is 19.3. The van der Waals surface area contributed by atoms with Crippen molar-refractivity contribution >= 4 is 28.6 Å². The lowest BCUT2D eigenvalue weighted by Gasteiger charge is -2.13. The normalized spacial score (nSPS) is 15.9. The summed E-state index contributed by atoms with van der Waals surface area (Å²) in [5.41, 5.74) is 2.82. The van der Waals surface area contributed by atoms with Crippen LogP contribution in [0.4, 0.5) is 11.4 Å². The Hall–Kier alpha value is -2.49. The predicted octanol–water partition coefficient (Wildman–Crippen LogP) is 0.380. The van der Waals surface area contributed by atoms with Gasteiger partial charge in [0.15, 0.2) is 5.84 Å². The second-order valence-electron chi connectivity index (χ2n) is 6.25. The average molecular weight is 362 g/mol. The van der Waals surface area contributed by atoms with Crippen LogP contribution >= 0.6 is 0 Å². The highest BCUT2D eigenvalue weighted by molar-refractivity contribution is 6.70. The van der Waals surface area contributed by atoms with Gasteiger partial charge in [0.05, 0.1) is 31.1 Å². The smallest absolute Gasteiger partial charge is 0.169 e. The van der Waals surface area contributed by atoms with Gasteiger partial charge in [0.1, 0.15) is 17.2 Å². The number of phenols is 1. The third-order valence-electron chi connectivity index (χ3n) is 3.75. The Balaban J connectivity index is 2.46. The van der Waals surface area contributed by atoms with Crippen molar-refractivity contribution in [3.63, 3.8) is 0 Å². The van der Waals surface area contributed by atoms with Crippen molar-refractivity contribution < 1.29 is 15.3 Å². The number of aromatic hydroxyl groups is 1. The number of nitrogens with zero attached hydrogens (tertiary/aromatic N) is 4. The van der Waals surface area contributed by atoms with E-state index >= 15 is 0 Å². The molecular weight excluding hydrogens is 336 g/mol. The van der Waals surface area contributed by atoms with Crippen molar-refractivity contribution in [1.29, 1.82) is 5.41 Å². The van der Waals surface area contributed by atoms with E-state index in [0.717, 1.165) is 0 Å². The molecule has 5 N–H and O–H groups in total. The van der Waals surface area contributed by atoms with Gasteiger partial charge >= 0.3 is 0 Å². The van der Waals surface area contributed by atoms with Crippen molar-refractivity contribution in [3.8, 4) is 5.75 Å². The largest absolute Gasteiger partial charge is 0.508 e. The summed E-state index contributed by atoms with van der Waals surface area (Å²) in [7, 11) is 3.80. The first-order valence-corrected chi connectivity index (χ1v) is 8.34. The number of aliphatic imine (C=N–C) groups is 1. The summed E-state index contributed by atoms with van der Waals surface area (Å²) in [6.07, 6.45) is 0. The number of hydrogen-bond donors (Lipinski definition) is 5. The number of aliphatic hydroxyl groups is 2. The molecule has 0 amide bonds. The molecule has 0 aromatic heterocycles. The number of rotatable bonds is 8. The van der Waals surface area contributed by atoms with Crippen LogP contribution < -0.4 is 5.32 Å². The number of amidine groups is 1. The molecule has 0 fully saturated rings. The Bertz CT molecular complexity index is 729. The summed E-state index contributed by atoms with van der Waals surface area (Å²) in [5.74, 6) is 0.245. The summed E-state index contributed by atoms with van der Waals surface area (Å²) in [6, 6.07) is 3.27. The van der Waals surface area contributed by atoms with Crippen molar-refractivity contribution in [2.45, 2.75) is 6.92 Å². The van der Waals surface area contributed by atoms with Crippen LogP contribution in [0, 0.1) is 12.3 Å². The third kappa shape index (κ3) is 4.57. The fraction of sp³-hybridized carbons (Fsp3) is 0.471. The van der Waals surface area contributed by atoms with Crippen LogP contribution in [0.5, 0.6) is 5.75 Å². The van der Waals surface area contributed by atoms with E-state index in [-0.39, 0.29) is 31.3 Å². The topological polar surface area (TPSA) is 128 Å². The van der Waals surface area contributed by atoms with Crippen LogP contribution in [-0.2, 0) is 0 Å². The molecule has 9 nitrogen and oxygen atoms in total. The number of nitrogens with one attached hydrogen (secondary N) is 2. The molecule has 0 spiro atoms. The molecule has 0 saturated heterocycles. The van der Waals surface area contributed by atoms with Gasteiger partial charge in [0.2, 0.25) is 0 Å². The van der Waals surface area contributed by atoms with E-state index in [2.05, 4.69) is 15.4 Å². The van der Waals surface area contributed by atoms with Crippen LogP contribution in [0.15, 0.2) is 22.2 Å². The van der Waals surface area contributed by atoms with E-state index in [1.54, 1.807) is 19.1 Å². The van der Waals surface area contributed by atoms with Crippen molar-refractivity contribution in [3.05, 3.63) is 17.7 Å². The lowest BCUT2D eigenvalue weighted by atomic mass is 10.1.